The number of nitrogen functional groups attached to an aromatic ring is 1. The van der Waals surface area contributed by atoms with E-state index in [1.54, 1.807) is 0 Å². The number of nitrogens with one attached hydrogen (secondary N) is 1. The maximum atomic E-state index is 12.9. The molecular weight excluding hydrogens is 475 g/mol. The predicted octanol–water partition coefficient (Wildman–Crippen LogP) is 6.13. The summed E-state index contributed by atoms with van der Waals surface area (Å²) in [6.07, 6.45) is 1.50. The van der Waals surface area contributed by atoms with Gasteiger partial charge in [0.25, 0.3) is 0 Å². The number of benzene rings is 3. The van der Waals surface area contributed by atoms with E-state index >= 15 is 0 Å². The molecule has 0 saturated carbocycles. The Balaban J connectivity index is 1.31. The summed E-state index contributed by atoms with van der Waals surface area (Å²) in [7, 11) is -0.616. The maximum absolute atomic E-state index is 12.9. The Kier molecular flexibility index (Phi) is 6.84. The van der Waals surface area contributed by atoms with Crippen LogP contribution in [-0.4, -0.2) is 37.6 Å². The van der Waals surface area contributed by atoms with Crippen LogP contribution in [0.15, 0.2) is 72.2 Å². The third-order valence-electron chi connectivity index (χ3n) is 7.98. The number of hydrogen-bond acceptors (Lipinski definition) is 5. The molecule has 3 N–H and O–H groups in total. The summed E-state index contributed by atoms with van der Waals surface area (Å²) >= 11 is 0. The zero-order valence-electron chi connectivity index (χ0n) is 22.7. The molecular formula is C31H35BN2O4. The lowest BCUT2D eigenvalue weighted by Gasteiger charge is -2.32. The summed E-state index contributed by atoms with van der Waals surface area (Å²) in [6, 6.07) is 22.3. The first-order valence-corrected chi connectivity index (χ1v) is 13.1. The molecule has 0 atom stereocenters. The van der Waals surface area contributed by atoms with Crippen molar-refractivity contribution < 1.29 is 18.8 Å². The molecule has 0 bridgehead atoms. The van der Waals surface area contributed by atoms with Crippen LogP contribution in [-0.2, 0) is 14.0 Å². The number of carbonyl (C=O) groups is 1. The van der Waals surface area contributed by atoms with Crippen LogP contribution in [0.1, 0.15) is 55.9 Å². The minimum Gasteiger partial charge on any atom is -0.449 e. The molecule has 1 saturated heterocycles. The molecule has 2 aliphatic rings. The number of alkyl carbamates (subject to hydrolysis) is 1. The average molecular weight is 510 g/mol. The standard InChI is InChI=1S/C31H35BN2O4/c1-20-14-15-23(33)17-21(20)16-22(32-37-30(2,3)31(4,5)38-32)18-34-29(35)36-19-28-26-12-8-6-10-24(26)25-11-7-9-13-27(25)28/h6-17,28H,18-19,33H2,1-5H3,(H,34,35). The van der Waals surface area contributed by atoms with Crippen LogP contribution in [0.25, 0.3) is 17.2 Å². The molecule has 1 amide bonds. The highest BCUT2D eigenvalue weighted by atomic mass is 16.7. The van der Waals surface area contributed by atoms with Crippen molar-refractivity contribution in [1.29, 1.82) is 0 Å². The van der Waals surface area contributed by atoms with Crippen molar-refractivity contribution in [3.63, 3.8) is 0 Å². The molecule has 3 aromatic carbocycles. The van der Waals surface area contributed by atoms with Gasteiger partial charge >= 0.3 is 13.2 Å². The highest BCUT2D eigenvalue weighted by molar-refractivity contribution is 6.56. The van der Waals surface area contributed by atoms with Crippen molar-refractivity contribution in [2.75, 3.05) is 18.9 Å². The Bertz CT molecular complexity index is 1340. The third kappa shape index (κ3) is 4.96. The van der Waals surface area contributed by atoms with Gasteiger partial charge in [0.2, 0.25) is 0 Å². The number of fused-ring (bicyclic) bond motifs is 3. The summed E-state index contributed by atoms with van der Waals surface area (Å²) in [5, 5.41) is 2.92. The van der Waals surface area contributed by atoms with E-state index in [0.717, 1.165) is 16.6 Å². The molecule has 7 heteroatoms. The van der Waals surface area contributed by atoms with Crippen molar-refractivity contribution in [3.05, 3.63) is 94.5 Å². The van der Waals surface area contributed by atoms with Crippen molar-refractivity contribution in [2.45, 2.75) is 51.7 Å². The van der Waals surface area contributed by atoms with E-state index in [-0.39, 0.29) is 19.1 Å². The molecule has 6 nitrogen and oxygen atoms in total. The number of ether oxygens (including phenoxy) is 1. The molecule has 0 aromatic heterocycles. The maximum Gasteiger partial charge on any atom is 0.492 e. The van der Waals surface area contributed by atoms with Gasteiger partial charge in [-0.3, -0.25) is 0 Å². The average Bonchev–Trinajstić information content (AvgIpc) is 3.31. The fraction of sp³-hybridized carbons (Fsp3) is 0.323. The number of amides is 1. The van der Waals surface area contributed by atoms with Crippen molar-refractivity contribution in [3.8, 4) is 11.1 Å². The van der Waals surface area contributed by atoms with Gasteiger partial charge in [0.05, 0.1) is 11.2 Å². The van der Waals surface area contributed by atoms with Crippen LogP contribution in [0, 0.1) is 6.92 Å². The van der Waals surface area contributed by atoms with E-state index in [9.17, 15) is 4.79 Å². The Morgan fingerprint density at radius 3 is 2.16 bits per heavy atom. The minimum absolute atomic E-state index is 0.00111. The second-order valence-electron chi connectivity index (χ2n) is 11.1. The Hall–Kier alpha value is -3.55. The van der Waals surface area contributed by atoms with Crippen LogP contribution in [0.3, 0.4) is 0 Å². The molecule has 1 aliphatic heterocycles. The first-order valence-electron chi connectivity index (χ1n) is 13.1. The predicted molar refractivity (Wildman–Crippen MR) is 153 cm³/mol. The summed E-state index contributed by atoms with van der Waals surface area (Å²) < 4.78 is 18.4. The highest BCUT2D eigenvalue weighted by Crippen LogP contribution is 2.44. The molecule has 3 aromatic rings. The lowest BCUT2D eigenvalue weighted by Crippen LogP contribution is -2.41. The summed E-state index contributed by atoms with van der Waals surface area (Å²) in [5.41, 5.74) is 13.2. The molecule has 0 unspecified atom stereocenters. The van der Waals surface area contributed by atoms with E-state index < -0.39 is 24.4 Å². The zero-order valence-corrected chi connectivity index (χ0v) is 22.7. The smallest absolute Gasteiger partial charge is 0.449 e. The van der Waals surface area contributed by atoms with E-state index in [1.807, 2.05) is 83.2 Å². The van der Waals surface area contributed by atoms with Crippen LogP contribution >= 0.6 is 0 Å². The monoisotopic (exact) mass is 510 g/mol. The van der Waals surface area contributed by atoms with Gasteiger partial charge in [0.15, 0.2) is 0 Å². The van der Waals surface area contributed by atoms with Crippen molar-refractivity contribution in [1.82, 2.24) is 5.32 Å². The SMILES string of the molecule is Cc1ccc(N)cc1C=C(CNC(=O)OCC1c2ccccc2-c2ccccc21)B1OC(C)(C)C(C)(C)O1. The van der Waals surface area contributed by atoms with Crippen LogP contribution in [0.4, 0.5) is 10.5 Å². The molecule has 38 heavy (non-hydrogen) atoms. The van der Waals surface area contributed by atoms with Gasteiger partial charge in [0.1, 0.15) is 6.61 Å². The van der Waals surface area contributed by atoms with Gasteiger partial charge in [-0.1, -0.05) is 60.7 Å². The number of aryl methyl sites for hydroxylation is 1. The van der Waals surface area contributed by atoms with Crippen LogP contribution in [0.5, 0.6) is 0 Å². The molecule has 1 fully saturated rings. The topological polar surface area (TPSA) is 82.8 Å². The Morgan fingerprint density at radius 2 is 1.55 bits per heavy atom. The fourth-order valence-electron chi connectivity index (χ4n) is 5.03. The summed E-state index contributed by atoms with van der Waals surface area (Å²) in [4.78, 5) is 12.9. The molecule has 1 heterocycles. The summed E-state index contributed by atoms with van der Waals surface area (Å²) in [5.74, 6) is 0.00111. The lowest BCUT2D eigenvalue weighted by atomic mass is 9.76. The second kappa shape index (κ2) is 9.97. The van der Waals surface area contributed by atoms with E-state index in [1.165, 1.54) is 22.3 Å². The number of nitrogens with two attached hydrogens (primary N) is 1. The fourth-order valence-corrected chi connectivity index (χ4v) is 5.03. The first kappa shape index (κ1) is 26.1. The number of carbonyl (C=O) groups excluding carboxylic acids is 1. The first-order chi connectivity index (χ1) is 18.1. The Morgan fingerprint density at radius 1 is 0.974 bits per heavy atom. The molecule has 0 radical (unpaired) electrons. The molecule has 196 valence electrons. The van der Waals surface area contributed by atoms with Gasteiger partial charge in [0, 0.05) is 18.2 Å². The second-order valence-corrected chi connectivity index (χ2v) is 11.1. The van der Waals surface area contributed by atoms with E-state index in [2.05, 4.69) is 29.6 Å². The van der Waals surface area contributed by atoms with Gasteiger partial charge in [-0.25, -0.2) is 4.79 Å². The number of rotatable bonds is 6. The highest BCUT2D eigenvalue weighted by Gasteiger charge is 2.52. The third-order valence-corrected chi connectivity index (χ3v) is 7.98. The molecule has 5 rings (SSSR count). The quantitative estimate of drug-likeness (QED) is 0.308. The van der Waals surface area contributed by atoms with Crippen molar-refractivity contribution in [2.24, 2.45) is 0 Å². The Labute approximate surface area is 225 Å². The van der Waals surface area contributed by atoms with E-state index in [4.69, 9.17) is 19.8 Å². The normalized spacial score (nSPS) is 17.7. The molecule has 1 aliphatic carbocycles. The minimum atomic E-state index is -0.616. The molecule has 0 spiro atoms. The van der Waals surface area contributed by atoms with E-state index in [0.29, 0.717) is 5.69 Å². The largest absolute Gasteiger partial charge is 0.492 e. The van der Waals surface area contributed by atoms with Gasteiger partial charge in [-0.15, -0.1) is 0 Å². The van der Waals surface area contributed by atoms with Crippen LogP contribution in [0.2, 0.25) is 0 Å². The number of hydrogen-bond donors (Lipinski definition) is 2. The van der Waals surface area contributed by atoms with Gasteiger partial charge in [-0.2, -0.15) is 0 Å². The summed E-state index contributed by atoms with van der Waals surface area (Å²) in [6.45, 7) is 10.5. The zero-order chi connectivity index (χ0) is 27.1. The van der Waals surface area contributed by atoms with Gasteiger partial charge < -0.3 is 25.1 Å². The van der Waals surface area contributed by atoms with Gasteiger partial charge in [-0.05, 0) is 85.6 Å². The van der Waals surface area contributed by atoms with Crippen molar-refractivity contribution >= 4 is 25.0 Å². The lowest BCUT2D eigenvalue weighted by molar-refractivity contribution is 0.00578. The number of anilines is 1. The van der Waals surface area contributed by atoms with Crippen LogP contribution < -0.4 is 11.1 Å².